The van der Waals surface area contributed by atoms with Gasteiger partial charge in [-0.2, -0.15) is 0 Å². The maximum Gasteiger partial charge on any atom is 0.349 e. The zero-order chi connectivity index (χ0) is 21.8. The zero-order valence-electron chi connectivity index (χ0n) is 17.3. The number of amides is 1. The topological polar surface area (TPSA) is 94.8 Å². The first kappa shape index (κ1) is 21.1. The first-order valence-electron chi connectivity index (χ1n) is 9.52. The molecule has 0 unspecified atom stereocenters. The van der Waals surface area contributed by atoms with Crippen LogP contribution in [0.4, 0.5) is 0 Å². The number of ether oxygens (including phenoxy) is 2. The lowest BCUT2D eigenvalue weighted by Crippen LogP contribution is -2.33. The van der Waals surface area contributed by atoms with E-state index < -0.39 is 17.5 Å². The lowest BCUT2D eigenvalue weighted by Gasteiger charge is -2.09. The van der Waals surface area contributed by atoms with E-state index in [4.69, 9.17) is 13.9 Å². The van der Waals surface area contributed by atoms with Gasteiger partial charge < -0.3 is 19.2 Å². The van der Waals surface area contributed by atoms with Gasteiger partial charge in [-0.3, -0.25) is 4.79 Å². The highest BCUT2D eigenvalue weighted by Crippen LogP contribution is 2.21. The van der Waals surface area contributed by atoms with Crippen LogP contribution in [0.1, 0.15) is 35.3 Å². The summed E-state index contributed by atoms with van der Waals surface area (Å²) >= 11 is 0. The summed E-state index contributed by atoms with van der Waals surface area (Å²) in [5.74, 6) is -0.312. The van der Waals surface area contributed by atoms with Crippen LogP contribution in [-0.4, -0.2) is 24.5 Å². The SMILES string of the molecule is Cc1ccc(OCC(=O)Oc2ccc3cc(C(=O)NC(C)C)c(=O)oc3c2)cc1C. The van der Waals surface area contributed by atoms with Crippen LogP contribution >= 0.6 is 0 Å². The summed E-state index contributed by atoms with van der Waals surface area (Å²) in [7, 11) is 0. The van der Waals surface area contributed by atoms with E-state index in [0.717, 1.165) is 11.1 Å². The summed E-state index contributed by atoms with van der Waals surface area (Å²) in [6, 6.07) is 11.5. The third-order valence-corrected chi connectivity index (χ3v) is 4.44. The second-order valence-electron chi connectivity index (χ2n) is 7.28. The van der Waals surface area contributed by atoms with E-state index in [9.17, 15) is 14.4 Å². The highest BCUT2D eigenvalue weighted by Gasteiger charge is 2.15. The Morgan fingerprint density at radius 2 is 1.73 bits per heavy atom. The van der Waals surface area contributed by atoms with E-state index in [2.05, 4.69) is 5.32 Å². The van der Waals surface area contributed by atoms with Crippen molar-refractivity contribution >= 4 is 22.8 Å². The normalized spacial score (nSPS) is 10.8. The molecule has 0 bridgehead atoms. The minimum atomic E-state index is -0.762. The van der Waals surface area contributed by atoms with Gasteiger partial charge in [-0.1, -0.05) is 6.07 Å². The number of carbonyl (C=O) groups excluding carboxylic acids is 2. The Morgan fingerprint density at radius 1 is 1.00 bits per heavy atom. The number of aryl methyl sites for hydroxylation is 2. The molecule has 156 valence electrons. The fourth-order valence-electron chi connectivity index (χ4n) is 2.76. The molecule has 3 aromatic rings. The molecule has 0 saturated carbocycles. The predicted molar refractivity (Wildman–Crippen MR) is 112 cm³/mol. The summed E-state index contributed by atoms with van der Waals surface area (Å²) < 4.78 is 16.0. The summed E-state index contributed by atoms with van der Waals surface area (Å²) in [4.78, 5) is 36.3. The third kappa shape index (κ3) is 5.05. The van der Waals surface area contributed by atoms with Crippen molar-refractivity contribution in [3.05, 3.63) is 69.6 Å². The molecule has 0 saturated heterocycles. The van der Waals surface area contributed by atoms with Crippen LogP contribution in [0.3, 0.4) is 0 Å². The Hall–Kier alpha value is -3.61. The van der Waals surface area contributed by atoms with Crippen molar-refractivity contribution in [2.45, 2.75) is 33.7 Å². The van der Waals surface area contributed by atoms with Gasteiger partial charge in [-0.15, -0.1) is 0 Å². The molecule has 1 amide bonds. The number of esters is 1. The molecule has 2 aromatic carbocycles. The molecule has 30 heavy (non-hydrogen) atoms. The highest BCUT2D eigenvalue weighted by molar-refractivity contribution is 5.96. The number of hydrogen-bond donors (Lipinski definition) is 1. The van der Waals surface area contributed by atoms with E-state index >= 15 is 0 Å². The molecule has 1 heterocycles. The van der Waals surface area contributed by atoms with Crippen molar-refractivity contribution in [1.82, 2.24) is 5.32 Å². The van der Waals surface area contributed by atoms with E-state index in [1.54, 1.807) is 32.0 Å². The fourth-order valence-corrected chi connectivity index (χ4v) is 2.76. The Balaban J connectivity index is 1.70. The second-order valence-corrected chi connectivity index (χ2v) is 7.28. The Kier molecular flexibility index (Phi) is 6.20. The molecule has 1 N–H and O–H groups in total. The Morgan fingerprint density at radius 3 is 2.43 bits per heavy atom. The van der Waals surface area contributed by atoms with E-state index in [1.165, 1.54) is 12.1 Å². The average Bonchev–Trinajstić information content (AvgIpc) is 2.67. The average molecular weight is 409 g/mol. The molecule has 0 aliphatic carbocycles. The van der Waals surface area contributed by atoms with Crippen LogP contribution in [-0.2, 0) is 4.79 Å². The van der Waals surface area contributed by atoms with Crippen LogP contribution in [0.5, 0.6) is 11.5 Å². The molecule has 7 heteroatoms. The predicted octanol–water partition coefficient (Wildman–Crippen LogP) is 3.53. The van der Waals surface area contributed by atoms with Crippen LogP contribution in [0.2, 0.25) is 0 Å². The number of benzene rings is 2. The number of carbonyl (C=O) groups is 2. The largest absolute Gasteiger partial charge is 0.482 e. The van der Waals surface area contributed by atoms with Crippen LogP contribution in [0, 0.1) is 13.8 Å². The van der Waals surface area contributed by atoms with Gasteiger partial charge >= 0.3 is 11.6 Å². The molecule has 0 aliphatic rings. The molecule has 0 atom stereocenters. The van der Waals surface area contributed by atoms with Gasteiger partial charge in [0.15, 0.2) is 6.61 Å². The maximum atomic E-state index is 12.1. The number of nitrogens with one attached hydrogen (secondary N) is 1. The van der Waals surface area contributed by atoms with Crippen molar-refractivity contribution in [3.8, 4) is 11.5 Å². The quantitative estimate of drug-likeness (QED) is 0.380. The van der Waals surface area contributed by atoms with Gasteiger partial charge in [-0.25, -0.2) is 9.59 Å². The first-order valence-corrected chi connectivity index (χ1v) is 9.52. The molecular weight excluding hydrogens is 386 g/mol. The zero-order valence-corrected chi connectivity index (χ0v) is 17.3. The van der Waals surface area contributed by atoms with Gasteiger partial charge in [0.05, 0.1) is 0 Å². The second kappa shape index (κ2) is 8.82. The third-order valence-electron chi connectivity index (χ3n) is 4.44. The standard InChI is InChI=1S/C23H23NO6/c1-13(2)24-22(26)19-10-16-6-8-18(11-20(16)30-23(19)27)29-21(25)12-28-17-7-5-14(3)15(4)9-17/h5-11,13H,12H2,1-4H3,(H,24,26). The summed E-state index contributed by atoms with van der Waals surface area (Å²) in [6.45, 7) is 7.28. The summed E-state index contributed by atoms with van der Waals surface area (Å²) in [5, 5.41) is 3.19. The molecule has 7 nitrogen and oxygen atoms in total. The van der Waals surface area contributed by atoms with Crippen molar-refractivity contribution in [2.24, 2.45) is 0 Å². The number of rotatable bonds is 6. The molecular formula is C23H23NO6. The summed E-state index contributed by atoms with van der Waals surface area (Å²) in [6.07, 6.45) is 0. The molecule has 0 aliphatic heterocycles. The van der Waals surface area contributed by atoms with Gasteiger partial charge in [0, 0.05) is 17.5 Å². The molecule has 0 radical (unpaired) electrons. The van der Waals surface area contributed by atoms with E-state index in [-0.39, 0.29) is 29.5 Å². The maximum absolute atomic E-state index is 12.1. The van der Waals surface area contributed by atoms with E-state index in [1.807, 2.05) is 26.0 Å². The van der Waals surface area contributed by atoms with Gasteiger partial charge in [0.25, 0.3) is 5.91 Å². The van der Waals surface area contributed by atoms with Crippen molar-refractivity contribution in [1.29, 1.82) is 0 Å². The lowest BCUT2D eigenvalue weighted by atomic mass is 10.1. The molecule has 0 spiro atoms. The fraction of sp³-hybridized carbons (Fsp3) is 0.261. The first-order chi connectivity index (χ1) is 14.2. The molecule has 1 aromatic heterocycles. The van der Waals surface area contributed by atoms with Gasteiger partial charge in [0.1, 0.15) is 22.6 Å². The number of hydrogen-bond acceptors (Lipinski definition) is 6. The molecule has 0 fully saturated rings. The Labute approximate surface area is 173 Å². The number of fused-ring (bicyclic) bond motifs is 1. The minimum Gasteiger partial charge on any atom is -0.482 e. The van der Waals surface area contributed by atoms with E-state index in [0.29, 0.717) is 11.1 Å². The van der Waals surface area contributed by atoms with Crippen LogP contribution in [0.25, 0.3) is 11.0 Å². The van der Waals surface area contributed by atoms with Crippen LogP contribution < -0.4 is 20.4 Å². The van der Waals surface area contributed by atoms with Crippen LogP contribution in [0.15, 0.2) is 51.7 Å². The smallest absolute Gasteiger partial charge is 0.349 e. The van der Waals surface area contributed by atoms with Gasteiger partial charge in [0.2, 0.25) is 0 Å². The molecule has 3 rings (SSSR count). The lowest BCUT2D eigenvalue weighted by molar-refractivity contribution is -0.136. The van der Waals surface area contributed by atoms with Gasteiger partial charge in [-0.05, 0) is 69.2 Å². The Bertz CT molecular complexity index is 1160. The highest BCUT2D eigenvalue weighted by atomic mass is 16.6. The minimum absolute atomic E-state index is 0.0808. The monoisotopic (exact) mass is 409 g/mol. The van der Waals surface area contributed by atoms with Crippen molar-refractivity contribution < 1.29 is 23.5 Å². The van der Waals surface area contributed by atoms with Crippen molar-refractivity contribution in [3.63, 3.8) is 0 Å². The van der Waals surface area contributed by atoms with Crippen molar-refractivity contribution in [2.75, 3.05) is 6.61 Å². The summed E-state index contributed by atoms with van der Waals surface area (Å²) in [5.41, 5.74) is 1.56.